The van der Waals surface area contributed by atoms with E-state index in [9.17, 15) is 14.9 Å². The van der Waals surface area contributed by atoms with Gasteiger partial charge in [0, 0.05) is 21.6 Å². The third kappa shape index (κ3) is 3.38. The van der Waals surface area contributed by atoms with Crippen LogP contribution in [0, 0.1) is 11.3 Å². The average Bonchev–Trinajstić information content (AvgIpc) is 2.87. The van der Waals surface area contributed by atoms with Gasteiger partial charge >= 0.3 is 0 Å². The monoisotopic (exact) mass is 391 g/mol. The molecule has 0 spiro atoms. The van der Waals surface area contributed by atoms with Gasteiger partial charge in [-0.1, -0.05) is 0 Å². The molecule has 2 heterocycles. The molecular formula is C16H14BrN3O2S. The molecule has 7 heteroatoms. The number of nitrogens with zero attached hydrogens (tertiary/aromatic N) is 2. The first-order valence-electron chi connectivity index (χ1n) is 7.29. The summed E-state index contributed by atoms with van der Waals surface area (Å²) >= 11 is 4.76. The van der Waals surface area contributed by atoms with E-state index in [0.29, 0.717) is 10.6 Å². The maximum absolute atomic E-state index is 12.2. The third-order valence-corrected chi connectivity index (χ3v) is 5.47. The number of carbonyl (C=O) groups excluding carboxylic acids is 1. The van der Waals surface area contributed by atoms with Crippen LogP contribution in [0.4, 0.5) is 5.00 Å². The van der Waals surface area contributed by atoms with Crippen molar-refractivity contribution in [3.8, 4) is 6.07 Å². The lowest BCUT2D eigenvalue weighted by Crippen LogP contribution is -2.26. The fourth-order valence-corrected chi connectivity index (χ4v) is 4.35. The van der Waals surface area contributed by atoms with Crippen molar-refractivity contribution in [3.63, 3.8) is 0 Å². The van der Waals surface area contributed by atoms with Gasteiger partial charge in [-0.3, -0.25) is 9.59 Å². The molecule has 0 bridgehead atoms. The number of amides is 1. The summed E-state index contributed by atoms with van der Waals surface area (Å²) in [5, 5.41) is 12.8. The number of nitrogens with one attached hydrogen (secondary N) is 1. The van der Waals surface area contributed by atoms with Crippen molar-refractivity contribution < 1.29 is 4.79 Å². The van der Waals surface area contributed by atoms with E-state index in [0.717, 1.165) is 35.7 Å². The number of pyridine rings is 1. The van der Waals surface area contributed by atoms with E-state index < -0.39 is 0 Å². The molecule has 1 N–H and O–H groups in total. The molecule has 118 valence electrons. The zero-order valence-electron chi connectivity index (χ0n) is 12.3. The SMILES string of the molecule is N#Cc1c(NC(=O)Cn2cc(Br)ccc2=O)sc2c1CCCC2. The van der Waals surface area contributed by atoms with Gasteiger partial charge in [-0.15, -0.1) is 11.3 Å². The molecule has 0 aliphatic heterocycles. The van der Waals surface area contributed by atoms with Gasteiger partial charge in [0.15, 0.2) is 0 Å². The Morgan fingerprint density at radius 1 is 1.39 bits per heavy atom. The molecule has 1 aliphatic carbocycles. The first-order valence-corrected chi connectivity index (χ1v) is 8.90. The fourth-order valence-electron chi connectivity index (χ4n) is 2.72. The number of hydrogen-bond acceptors (Lipinski definition) is 4. The highest BCUT2D eigenvalue weighted by atomic mass is 79.9. The molecule has 0 saturated carbocycles. The van der Waals surface area contributed by atoms with Crippen LogP contribution in [0.5, 0.6) is 0 Å². The lowest BCUT2D eigenvalue weighted by Gasteiger charge is -2.09. The van der Waals surface area contributed by atoms with Crippen LogP contribution in [0.3, 0.4) is 0 Å². The largest absolute Gasteiger partial charge is 0.315 e. The Morgan fingerprint density at radius 3 is 2.96 bits per heavy atom. The lowest BCUT2D eigenvalue weighted by molar-refractivity contribution is -0.116. The third-order valence-electron chi connectivity index (χ3n) is 3.80. The summed E-state index contributed by atoms with van der Waals surface area (Å²) in [4.78, 5) is 25.2. The van der Waals surface area contributed by atoms with Crippen molar-refractivity contribution in [2.75, 3.05) is 5.32 Å². The minimum atomic E-state index is -0.305. The molecule has 0 unspecified atom stereocenters. The summed E-state index contributed by atoms with van der Waals surface area (Å²) in [7, 11) is 0. The van der Waals surface area contributed by atoms with E-state index in [2.05, 4.69) is 27.3 Å². The molecule has 0 radical (unpaired) electrons. The number of thiophene rings is 1. The molecular weight excluding hydrogens is 378 g/mol. The zero-order valence-corrected chi connectivity index (χ0v) is 14.7. The van der Waals surface area contributed by atoms with Crippen LogP contribution in [-0.4, -0.2) is 10.5 Å². The molecule has 0 atom stereocenters. The van der Waals surface area contributed by atoms with Crippen LogP contribution >= 0.6 is 27.3 Å². The first-order chi connectivity index (χ1) is 11.1. The van der Waals surface area contributed by atoms with E-state index in [4.69, 9.17) is 0 Å². The van der Waals surface area contributed by atoms with E-state index >= 15 is 0 Å². The Hall–Kier alpha value is -1.91. The predicted octanol–water partition coefficient (Wildman–Crippen LogP) is 3.06. The van der Waals surface area contributed by atoms with Crippen LogP contribution in [-0.2, 0) is 24.2 Å². The maximum atomic E-state index is 12.2. The second-order valence-corrected chi connectivity index (χ2v) is 7.41. The number of hydrogen-bond donors (Lipinski definition) is 1. The number of halogens is 1. The Balaban J connectivity index is 1.81. The molecule has 0 aromatic carbocycles. The topological polar surface area (TPSA) is 74.9 Å². The van der Waals surface area contributed by atoms with Crippen LogP contribution in [0.2, 0.25) is 0 Å². The van der Waals surface area contributed by atoms with Crippen LogP contribution in [0.25, 0.3) is 0 Å². The number of carbonyl (C=O) groups is 1. The Bertz CT molecular complexity index is 863. The molecule has 23 heavy (non-hydrogen) atoms. The Morgan fingerprint density at radius 2 is 2.17 bits per heavy atom. The van der Waals surface area contributed by atoms with E-state index in [1.165, 1.54) is 26.8 Å². The van der Waals surface area contributed by atoms with Crippen molar-refractivity contribution in [1.29, 1.82) is 5.26 Å². The number of aromatic nitrogens is 1. The van der Waals surface area contributed by atoms with E-state index in [1.54, 1.807) is 12.3 Å². The van der Waals surface area contributed by atoms with Gasteiger partial charge in [-0.05, 0) is 53.2 Å². The number of fused-ring (bicyclic) bond motifs is 1. The molecule has 0 fully saturated rings. The molecule has 0 saturated heterocycles. The minimum Gasteiger partial charge on any atom is -0.315 e. The molecule has 2 aromatic heterocycles. The Kier molecular flexibility index (Phi) is 4.64. The second-order valence-electron chi connectivity index (χ2n) is 5.39. The molecule has 2 aromatic rings. The van der Waals surface area contributed by atoms with E-state index in [-0.39, 0.29) is 18.0 Å². The standard InChI is InChI=1S/C16H14BrN3O2S/c17-10-5-6-15(22)20(8-10)9-14(21)19-16-12(7-18)11-3-1-2-4-13(11)23-16/h5-6,8H,1-4,9H2,(H,19,21). The highest BCUT2D eigenvalue weighted by Gasteiger charge is 2.21. The van der Waals surface area contributed by atoms with Gasteiger partial charge in [0.1, 0.15) is 17.6 Å². The molecule has 1 aliphatic rings. The second kappa shape index (κ2) is 6.69. The maximum Gasteiger partial charge on any atom is 0.251 e. The van der Waals surface area contributed by atoms with Gasteiger partial charge in [-0.25, -0.2) is 0 Å². The van der Waals surface area contributed by atoms with Gasteiger partial charge < -0.3 is 9.88 Å². The smallest absolute Gasteiger partial charge is 0.251 e. The fraction of sp³-hybridized carbons (Fsp3) is 0.312. The highest BCUT2D eigenvalue weighted by Crippen LogP contribution is 2.37. The highest BCUT2D eigenvalue weighted by molar-refractivity contribution is 9.10. The number of rotatable bonds is 3. The van der Waals surface area contributed by atoms with Crippen molar-refractivity contribution >= 4 is 38.2 Å². The van der Waals surface area contributed by atoms with Crippen molar-refractivity contribution in [2.45, 2.75) is 32.2 Å². The van der Waals surface area contributed by atoms with Crippen molar-refractivity contribution in [3.05, 3.63) is 49.2 Å². The normalized spacial score (nSPS) is 13.2. The summed E-state index contributed by atoms with van der Waals surface area (Å²) in [6, 6.07) is 5.25. The van der Waals surface area contributed by atoms with Crippen LogP contribution in [0.1, 0.15) is 28.8 Å². The number of aryl methyl sites for hydroxylation is 1. The molecule has 3 rings (SSSR count). The minimum absolute atomic E-state index is 0.0777. The van der Waals surface area contributed by atoms with E-state index in [1.807, 2.05) is 0 Å². The lowest BCUT2D eigenvalue weighted by atomic mass is 9.96. The summed E-state index contributed by atoms with van der Waals surface area (Å²) in [6.45, 7) is -0.0777. The van der Waals surface area contributed by atoms with Gasteiger partial charge in [-0.2, -0.15) is 5.26 Å². The molecule has 1 amide bonds. The van der Waals surface area contributed by atoms with Gasteiger partial charge in [0.25, 0.3) is 5.56 Å². The van der Waals surface area contributed by atoms with Gasteiger partial charge in [0.2, 0.25) is 5.91 Å². The Labute approximate surface area is 145 Å². The number of nitriles is 1. The summed E-state index contributed by atoms with van der Waals surface area (Å²) in [5.74, 6) is -0.305. The quantitative estimate of drug-likeness (QED) is 0.873. The van der Waals surface area contributed by atoms with Crippen LogP contribution < -0.4 is 10.9 Å². The van der Waals surface area contributed by atoms with Gasteiger partial charge in [0.05, 0.1) is 5.56 Å². The average molecular weight is 392 g/mol. The predicted molar refractivity (Wildman–Crippen MR) is 92.7 cm³/mol. The zero-order chi connectivity index (χ0) is 16.4. The first kappa shape index (κ1) is 16.0. The summed E-state index contributed by atoms with van der Waals surface area (Å²) in [5.41, 5.74) is 1.42. The molecule has 5 nitrogen and oxygen atoms in total. The number of anilines is 1. The summed E-state index contributed by atoms with van der Waals surface area (Å²) < 4.78 is 2.06. The van der Waals surface area contributed by atoms with Crippen LogP contribution in [0.15, 0.2) is 27.6 Å². The van der Waals surface area contributed by atoms with Crippen molar-refractivity contribution in [2.24, 2.45) is 0 Å². The summed E-state index contributed by atoms with van der Waals surface area (Å²) in [6.07, 6.45) is 5.65. The van der Waals surface area contributed by atoms with Crippen molar-refractivity contribution in [1.82, 2.24) is 4.57 Å².